The maximum atomic E-state index is 12.3. The van der Waals surface area contributed by atoms with Gasteiger partial charge in [0.15, 0.2) is 0 Å². The molecule has 114 valence electrons. The lowest BCUT2D eigenvalue weighted by Gasteiger charge is -2.37. The average molecular weight is 380 g/mol. The van der Waals surface area contributed by atoms with Gasteiger partial charge in [0.2, 0.25) is 10.0 Å². The lowest BCUT2D eigenvalue weighted by molar-refractivity contribution is 0.166. The molecule has 0 saturated heterocycles. The number of sulfonamides is 1. The molecule has 1 fully saturated rings. The fraction of sp³-hybridized carbons (Fsp3) is 0.714. The van der Waals surface area contributed by atoms with Crippen molar-refractivity contribution in [2.24, 2.45) is 11.3 Å². The number of rotatable bonds is 3. The SMILES string of the molecule is CC(C)(C)C1CCC(NS(=O)(=O)c2ccc(Br)s2)CC1. The smallest absolute Gasteiger partial charge is 0.207 e. The van der Waals surface area contributed by atoms with Crippen molar-refractivity contribution in [3.8, 4) is 0 Å². The van der Waals surface area contributed by atoms with Crippen molar-refractivity contribution in [3.63, 3.8) is 0 Å². The van der Waals surface area contributed by atoms with Crippen LogP contribution in [0.15, 0.2) is 20.1 Å². The van der Waals surface area contributed by atoms with Gasteiger partial charge in [0.25, 0.3) is 0 Å². The second-order valence-electron chi connectivity index (χ2n) is 6.59. The van der Waals surface area contributed by atoms with E-state index in [-0.39, 0.29) is 6.04 Å². The van der Waals surface area contributed by atoms with Gasteiger partial charge in [0.1, 0.15) is 4.21 Å². The second-order valence-corrected chi connectivity index (χ2v) is 11.0. The fourth-order valence-corrected chi connectivity index (χ4v) is 6.13. The van der Waals surface area contributed by atoms with Crippen molar-refractivity contribution in [2.75, 3.05) is 0 Å². The van der Waals surface area contributed by atoms with Crippen molar-refractivity contribution in [3.05, 3.63) is 15.9 Å². The third kappa shape index (κ3) is 4.06. The highest BCUT2D eigenvalue weighted by molar-refractivity contribution is 9.11. The van der Waals surface area contributed by atoms with Gasteiger partial charge in [-0.15, -0.1) is 11.3 Å². The van der Waals surface area contributed by atoms with E-state index < -0.39 is 10.0 Å². The third-order valence-corrected chi connectivity index (χ3v) is 7.72. The van der Waals surface area contributed by atoms with Gasteiger partial charge in [-0.05, 0) is 65.1 Å². The quantitative estimate of drug-likeness (QED) is 0.845. The van der Waals surface area contributed by atoms with Crippen molar-refractivity contribution < 1.29 is 8.42 Å². The first-order valence-corrected chi connectivity index (χ1v) is 10.1. The van der Waals surface area contributed by atoms with Crippen molar-refractivity contribution in [2.45, 2.75) is 56.7 Å². The summed E-state index contributed by atoms with van der Waals surface area (Å²) in [7, 11) is -3.35. The Bertz CT molecular complexity index is 552. The second kappa shape index (κ2) is 6.07. The van der Waals surface area contributed by atoms with E-state index in [9.17, 15) is 8.42 Å². The highest BCUT2D eigenvalue weighted by Gasteiger charge is 2.31. The van der Waals surface area contributed by atoms with Crippen LogP contribution >= 0.6 is 27.3 Å². The summed E-state index contributed by atoms with van der Waals surface area (Å²) in [5.41, 5.74) is 0.322. The summed E-state index contributed by atoms with van der Waals surface area (Å²) in [6.45, 7) is 6.81. The number of nitrogens with one attached hydrogen (secondary N) is 1. The molecule has 6 heteroatoms. The molecule has 3 nitrogen and oxygen atoms in total. The Morgan fingerprint density at radius 2 is 1.80 bits per heavy atom. The van der Waals surface area contributed by atoms with Crippen LogP contribution < -0.4 is 4.72 Å². The zero-order valence-electron chi connectivity index (χ0n) is 12.1. The predicted molar refractivity (Wildman–Crippen MR) is 87.5 cm³/mol. The molecule has 0 radical (unpaired) electrons. The van der Waals surface area contributed by atoms with E-state index in [4.69, 9.17) is 0 Å². The summed E-state index contributed by atoms with van der Waals surface area (Å²) in [5.74, 6) is 0.694. The van der Waals surface area contributed by atoms with Gasteiger partial charge in [0.05, 0.1) is 3.79 Å². The molecule has 1 aromatic rings. The first kappa shape index (κ1) is 16.5. The standard InChI is InChI=1S/C14H22BrNO2S2/c1-14(2,3)10-4-6-11(7-5-10)16-20(17,18)13-9-8-12(15)19-13/h8-11,16H,4-7H2,1-3H3. The summed E-state index contributed by atoms with van der Waals surface area (Å²) in [4.78, 5) is 0. The summed E-state index contributed by atoms with van der Waals surface area (Å²) in [6, 6.07) is 3.51. The molecule has 0 aliphatic heterocycles. The number of hydrogen-bond donors (Lipinski definition) is 1. The van der Waals surface area contributed by atoms with E-state index in [2.05, 4.69) is 41.4 Å². The molecule has 1 N–H and O–H groups in total. The van der Waals surface area contributed by atoms with E-state index >= 15 is 0 Å². The maximum Gasteiger partial charge on any atom is 0.250 e. The van der Waals surface area contributed by atoms with Crippen LogP contribution in [0.4, 0.5) is 0 Å². The van der Waals surface area contributed by atoms with E-state index in [1.165, 1.54) is 11.3 Å². The van der Waals surface area contributed by atoms with Gasteiger partial charge in [-0.1, -0.05) is 20.8 Å². The Kier molecular flexibility index (Phi) is 4.99. The lowest BCUT2D eigenvalue weighted by atomic mass is 9.71. The van der Waals surface area contributed by atoms with Crippen molar-refractivity contribution in [1.29, 1.82) is 0 Å². The van der Waals surface area contributed by atoms with Gasteiger partial charge in [-0.2, -0.15) is 0 Å². The van der Waals surface area contributed by atoms with Crippen LogP contribution in [0, 0.1) is 11.3 Å². The molecule has 2 rings (SSSR count). The topological polar surface area (TPSA) is 46.2 Å². The maximum absolute atomic E-state index is 12.3. The molecule has 1 heterocycles. The van der Waals surface area contributed by atoms with Crippen LogP contribution in [0.3, 0.4) is 0 Å². The van der Waals surface area contributed by atoms with E-state index in [0.717, 1.165) is 29.5 Å². The van der Waals surface area contributed by atoms with Crippen LogP contribution in [0.2, 0.25) is 0 Å². The summed E-state index contributed by atoms with van der Waals surface area (Å²) in [5, 5.41) is 0. The van der Waals surface area contributed by atoms with Crippen LogP contribution in [-0.2, 0) is 10.0 Å². The number of thiophene rings is 1. The minimum Gasteiger partial charge on any atom is -0.207 e. The molecular formula is C14H22BrNO2S2. The Morgan fingerprint density at radius 1 is 1.20 bits per heavy atom. The van der Waals surface area contributed by atoms with Gasteiger partial charge in [0, 0.05) is 6.04 Å². The minimum absolute atomic E-state index is 0.0828. The minimum atomic E-state index is -3.35. The van der Waals surface area contributed by atoms with E-state index in [1.54, 1.807) is 12.1 Å². The van der Waals surface area contributed by atoms with Crippen molar-refractivity contribution >= 4 is 37.3 Å². The predicted octanol–water partition coefficient (Wildman–Crippen LogP) is 4.39. The van der Waals surface area contributed by atoms with Gasteiger partial charge >= 0.3 is 0 Å². The normalized spacial score (nSPS) is 24.8. The monoisotopic (exact) mass is 379 g/mol. The van der Waals surface area contributed by atoms with Gasteiger partial charge in [-0.3, -0.25) is 0 Å². The van der Waals surface area contributed by atoms with Crippen molar-refractivity contribution in [1.82, 2.24) is 4.72 Å². The Labute approximate surface area is 134 Å². The first-order valence-electron chi connectivity index (χ1n) is 6.96. The molecular weight excluding hydrogens is 358 g/mol. The fourth-order valence-electron chi connectivity index (χ4n) is 2.80. The molecule has 0 amide bonds. The van der Waals surface area contributed by atoms with E-state index in [0.29, 0.717) is 15.5 Å². The molecule has 20 heavy (non-hydrogen) atoms. The molecule has 0 aromatic carbocycles. The van der Waals surface area contributed by atoms with Crippen LogP contribution in [-0.4, -0.2) is 14.5 Å². The average Bonchev–Trinajstić information content (AvgIpc) is 2.76. The zero-order valence-corrected chi connectivity index (χ0v) is 15.4. The molecule has 1 aliphatic carbocycles. The molecule has 1 aliphatic rings. The van der Waals surface area contributed by atoms with Crippen LogP contribution in [0.5, 0.6) is 0 Å². The molecule has 1 saturated carbocycles. The Morgan fingerprint density at radius 3 is 2.25 bits per heavy atom. The molecule has 0 unspecified atom stereocenters. The van der Waals surface area contributed by atoms with Gasteiger partial charge < -0.3 is 0 Å². The summed E-state index contributed by atoms with van der Waals surface area (Å²) >= 11 is 4.56. The van der Waals surface area contributed by atoms with E-state index in [1.807, 2.05) is 0 Å². The van der Waals surface area contributed by atoms with Gasteiger partial charge in [-0.25, -0.2) is 13.1 Å². The first-order chi connectivity index (χ1) is 9.18. The highest BCUT2D eigenvalue weighted by Crippen LogP contribution is 2.38. The summed E-state index contributed by atoms with van der Waals surface area (Å²) < 4.78 is 28.6. The van der Waals surface area contributed by atoms with Crippen LogP contribution in [0.25, 0.3) is 0 Å². The molecule has 1 aromatic heterocycles. The van der Waals surface area contributed by atoms with Crippen LogP contribution in [0.1, 0.15) is 46.5 Å². The number of hydrogen-bond acceptors (Lipinski definition) is 3. The lowest BCUT2D eigenvalue weighted by Crippen LogP contribution is -2.39. The highest BCUT2D eigenvalue weighted by atomic mass is 79.9. The number of halogens is 1. The zero-order chi connectivity index (χ0) is 15.0. The third-order valence-electron chi connectivity index (χ3n) is 4.09. The Balaban J connectivity index is 1.96. The summed E-state index contributed by atoms with van der Waals surface area (Å²) in [6.07, 6.45) is 4.08. The largest absolute Gasteiger partial charge is 0.250 e. The molecule has 0 bridgehead atoms. The molecule has 0 spiro atoms. The molecule has 0 atom stereocenters. The Hall–Kier alpha value is 0.0900.